The van der Waals surface area contributed by atoms with E-state index < -0.39 is 24.9 Å². The number of ether oxygens (including phenoxy) is 1. The predicted molar refractivity (Wildman–Crippen MR) is 112 cm³/mol. The van der Waals surface area contributed by atoms with Crippen LogP contribution < -0.4 is 16.0 Å². The molecular formula is C20H24F3N7O3. The van der Waals surface area contributed by atoms with Crippen LogP contribution >= 0.6 is 0 Å². The molecule has 10 nitrogen and oxygen atoms in total. The van der Waals surface area contributed by atoms with E-state index in [9.17, 15) is 22.8 Å². The summed E-state index contributed by atoms with van der Waals surface area (Å²) in [6.45, 7) is -0.835. The highest BCUT2D eigenvalue weighted by Crippen LogP contribution is 2.31. The molecule has 0 saturated carbocycles. The lowest BCUT2D eigenvalue weighted by Gasteiger charge is -2.24. The molecule has 3 heterocycles. The number of likely N-dealkylation sites (N-methyl/N-ethyl adjacent to an activating group) is 1. The van der Waals surface area contributed by atoms with Gasteiger partial charge in [0.05, 0.1) is 5.70 Å². The van der Waals surface area contributed by atoms with E-state index in [2.05, 4.69) is 20.9 Å². The van der Waals surface area contributed by atoms with Gasteiger partial charge < -0.3 is 25.6 Å². The molecule has 0 radical (unpaired) electrons. The Hall–Kier alpha value is -3.77. The van der Waals surface area contributed by atoms with Crippen molar-refractivity contribution >= 4 is 23.5 Å². The van der Waals surface area contributed by atoms with Crippen molar-refractivity contribution in [3.63, 3.8) is 0 Å². The van der Waals surface area contributed by atoms with Crippen molar-refractivity contribution in [2.75, 3.05) is 32.5 Å². The van der Waals surface area contributed by atoms with Gasteiger partial charge in [0.15, 0.2) is 12.1 Å². The van der Waals surface area contributed by atoms with Crippen LogP contribution in [0, 0.1) is 5.41 Å². The van der Waals surface area contributed by atoms with Crippen molar-refractivity contribution in [2.45, 2.75) is 25.2 Å². The van der Waals surface area contributed by atoms with Crippen molar-refractivity contribution in [2.24, 2.45) is 0 Å². The molecule has 0 spiro atoms. The number of pyridine rings is 1. The van der Waals surface area contributed by atoms with Crippen LogP contribution in [0.1, 0.15) is 24.6 Å². The number of amidine groups is 1. The number of likely N-dealkylation sites (tertiary alicyclic amines) is 1. The zero-order valence-corrected chi connectivity index (χ0v) is 18.0. The number of carbonyl (C=O) groups excluding carboxylic acids is 2. The van der Waals surface area contributed by atoms with Crippen molar-refractivity contribution in [1.82, 2.24) is 25.4 Å². The molecule has 1 atom stereocenters. The first-order chi connectivity index (χ1) is 15.6. The number of halogens is 3. The van der Waals surface area contributed by atoms with Gasteiger partial charge in [-0.2, -0.15) is 13.2 Å². The standard InChI is InChI=1S/C20H24F3N7O3/c1-25-9-13(17(24)30-7-3-4-16(30)31)28-18(32)14-10-33-19(29(14)2)12-5-6-26-15(8-12)27-11-20(21,22)23/h5-6,8-10,19,24-25H,3-4,7,11H2,1-2H3,(H,26,27)(H,28,32)/b13-9+,24-17?. The van der Waals surface area contributed by atoms with E-state index >= 15 is 0 Å². The maximum absolute atomic E-state index is 12.9. The average Bonchev–Trinajstić information content (AvgIpc) is 3.36. The van der Waals surface area contributed by atoms with Crippen LogP contribution in [0.4, 0.5) is 19.0 Å². The van der Waals surface area contributed by atoms with Crippen LogP contribution in [0.15, 0.2) is 42.2 Å². The van der Waals surface area contributed by atoms with Crippen LogP contribution in [0.5, 0.6) is 0 Å². The van der Waals surface area contributed by atoms with Crippen LogP contribution in [-0.2, 0) is 14.3 Å². The minimum atomic E-state index is -4.39. The number of rotatable bonds is 7. The summed E-state index contributed by atoms with van der Waals surface area (Å²) in [4.78, 5) is 31.5. The number of carbonyl (C=O) groups is 2. The van der Waals surface area contributed by atoms with Crippen molar-refractivity contribution in [3.05, 3.63) is 47.7 Å². The topological polar surface area (TPSA) is 123 Å². The average molecular weight is 467 g/mol. The number of alkyl halides is 3. The van der Waals surface area contributed by atoms with Gasteiger partial charge >= 0.3 is 6.18 Å². The molecule has 3 rings (SSSR count). The quantitative estimate of drug-likeness (QED) is 0.355. The molecular weight excluding hydrogens is 443 g/mol. The highest BCUT2D eigenvalue weighted by molar-refractivity contribution is 6.09. The number of amides is 2. The Morgan fingerprint density at radius 1 is 1.42 bits per heavy atom. The van der Waals surface area contributed by atoms with E-state index in [4.69, 9.17) is 10.1 Å². The molecule has 2 aliphatic rings. The van der Waals surface area contributed by atoms with E-state index in [0.717, 1.165) is 0 Å². The number of nitrogens with one attached hydrogen (secondary N) is 4. The highest BCUT2D eigenvalue weighted by atomic mass is 19.4. The SMILES string of the molecule is CN/C=C(/NC(=O)C1=COC(c2ccnc(NCC(F)(F)F)c2)N1C)C(=N)N1CCCC1=O. The summed E-state index contributed by atoms with van der Waals surface area (Å²) < 4.78 is 43.0. The first-order valence-corrected chi connectivity index (χ1v) is 10.0. The monoisotopic (exact) mass is 467 g/mol. The fourth-order valence-electron chi connectivity index (χ4n) is 3.36. The molecule has 1 unspecified atom stereocenters. The van der Waals surface area contributed by atoms with E-state index in [0.29, 0.717) is 24.9 Å². The lowest BCUT2D eigenvalue weighted by atomic mass is 10.2. The number of aromatic nitrogens is 1. The maximum atomic E-state index is 12.9. The third-order valence-electron chi connectivity index (χ3n) is 4.95. The second-order valence-electron chi connectivity index (χ2n) is 7.34. The molecule has 0 aliphatic carbocycles. The number of anilines is 1. The molecule has 1 saturated heterocycles. The van der Waals surface area contributed by atoms with Gasteiger partial charge in [0.1, 0.15) is 24.3 Å². The van der Waals surface area contributed by atoms with Gasteiger partial charge in [-0.05, 0) is 18.6 Å². The lowest BCUT2D eigenvalue weighted by Crippen LogP contribution is -2.41. The van der Waals surface area contributed by atoms with Crippen LogP contribution in [-0.4, -0.2) is 65.8 Å². The third kappa shape index (κ3) is 5.73. The predicted octanol–water partition coefficient (Wildman–Crippen LogP) is 1.63. The Balaban J connectivity index is 1.68. The zero-order chi connectivity index (χ0) is 24.2. The van der Waals surface area contributed by atoms with E-state index in [1.807, 2.05) is 0 Å². The van der Waals surface area contributed by atoms with Gasteiger partial charge in [0.2, 0.25) is 5.91 Å². The third-order valence-corrected chi connectivity index (χ3v) is 4.95. The minimum Gasteiger partial charge on any atom is -0.472 e. The molecule has 4 N–H and O–H groups in total. The Morgan fingerprint density at radius 2 is 2.18 bits per heavy atom. The lowest BCUT2D eigenvalue weighted by molar-refractivity contribution is -0.124. The second-order valence-corrected chi connectivity index (χ2v) is 7.34. The van der Waals surface area contributed by atoms with Gasteiger partial charge in [-0.1, -0.05) is 0 Å². The molecule has 0 bridgehead atoms. The highest BCUT2D eigenvalue weighted by Gasteiger charge is 2.33. The number of hydrogen-bond donors (Lipinski definition) is 4. The Labute approximate surface area is 188 Å². The molecule has 33 heavy (non-hydrogen) atoms. The van der Waals surface area contributed by atoms with Crippen molar-refractivity contribution in [3.8, 4) is 0 Å². The van der Waals surface area contributed by atoms with Crippen LogP contribution in [0.3, 0.4) is 0 Å². The number of hydrogen-bond acceptors (Lipinski definition) is 8. The first kappa shape index (κ1) is 23.9. The van der Waals surface area contributed by atoms with Gasteiger partial charge in [-0.25, -0.2) is 4.98 Å². The summed E-state index contributed by atoms with van der Waals surface area (Å²) in [6, 6.07) is 2.97. The summed E-state index contributed by atoms with van der Waals surface area (Å²) in [7, 11) is 3.18. The molecule has 2 amide bonds. The molecule has 1 aromatic heterocycles. The van der Waals surface area contributed by atoms with Crippen LogP contribution in [0.2, 0.25) is 0 Å². The Bertz CT molecular complexity index is 993. The largest absolute Gasteiger partial charge is 0.472 e. The summed E-state index contributed by atoms with van der Waals surface area (Å²) in [5.41, 5.74) is 0.722. The van der Waals surface area contributed by atoms with Crippen molar-refractivity contribution in [1.29, 1.82) is 5.41 Å². The molecule has 13 heteroatoms. The van der Waals surface area contributed by atoms with Crippen LogP contribution in [0.25, 0.3) is 0 Å². The zero-order valence-electron chi connectivity index (χ0n) is 18.0. The summed E-state index contributed by atoms with van der Waals surface area (Å²) in [5.74, 6) is -0.886. The Kier molecular flexibility index (Phi) is 7.09. The summed E-state index contributed by atoms with van der Waals surface area (Å²) in [6.07, 6.45) is -0.208. The van der Waals surface area contributed by atoms with E-state index in [-0.39, 0.29) is 29.0 Å². The molecule has 2 aliphatic heterocycles. The fourth-order valence-corrected chi connectivity index (χ4v) is 3.36. The first-order valence-electron chi connectivity index (χ1n) is 10.0. The molecule has 1 fully saturated rings. The van der Waals surface area contributed by atoms with E-state index in [1.165, 1.54) is 34.5 Å². The van der Waals surface area contributed by atoms with Gasteiger partial charge in [-0.3, -0.25) is 19.9 Å². The molecule has 1 aromatic rings. The number of nitrogens with zero attached hydrogens (tertiary/aromatic N) is 3. The molecule has 0 aromatic carbocycles. The minimum absolute atomic E-state index is 0.0164. The van der Waals surface area contributed by atoms with E-state index in [1.54, 1.807) is 20.2 Å². The van der Waals surface area contributed by atoms with Gasteiger partial charge in [0, 0.05) is 45.0 Å². The fraction of sp³-hybridized carbons (Fsp3) is 0.400. The smallest absolute Gasteiger partial charge is 0.405 e. The Morgan fingerprint density at radius 3 is 2.82 bits per heavy atom. The molecule has 178 valence electrons. The maximum Gasteiger partial charge on any atom is 0.405 e. The summed E-state index contributed by atoms with van der Waals surface area (Å²) >= 11 is 0. The normalized spacial score (nSPS) is 18.7. The van der Waals surface area contributed by atoms with Gasteiger partial charge in [0.25, 0.3) is 5.91 Å². The second kappa shape index (κ2) is 9.79. The summed E-state index contributed by atoms with van der Waals surface area (Å²) in [5, 5.41) is 15.9. The van der Waals surface area contributed by atoms with Crippen molar-refractivity contribution < 1.29 is 27.5 Å². The van der Waals surface area contributed by atoms with Gasteiger partial charge in [-0.15, -0.1) is 0 Å².